The van der Waals surface area contributed by atoms with Gasteiger partial charge in [-0.05, 0) is 12.1 Å². The summed E-state index contributed by atoms with van der Waals surface area (Å²) in [7, 11) is 0. The molecule has 0 unspecified atom stereocenters. The van der Waals surface area contributed by atoms with E-state index in [0.717, 1.165) is 0 Å². The molecule has 0 spiro atoms. The van der Waals surface area contributed by atoms with Crippen LogP contribution in [0.1, 0.15) is 0 Å². The van der Waals surface area contributed by atoms with Crippen LogP contribution in [0, 0.1) is 10.1 Å². The number of rotatable bonds is 2. The quantitative estimate of drug-likeness (QED) is 0.534. The van der Waals surface area contributed by atoms with Gasteiger partial charge in [-0.1, -0.05) is 0 Å². The Kier molecular flexibility index (Phi) is 1.98. The van der Waals surface area contributed by atoms with Gasteiger partial charge in [-0.15, -0.1) is 0 Å². The van der Waals surface area contributed by atoms with Crippen molar-refractivity contribution in [2.24, 2.45) is 0 Å². The Balaban J connectivity index is 2.46. The molecule has 2 aromatic rings. The zero-order valence-electron chi connectivity index (χ0n) is 7.20. The van der Waals surface area contributed by atoms with Crippen molar-refractivity contribution in [3.63, 3.8) is 0 Å². The molecule has 5 nitrogen and oxygen atoms in total. The molecule has 0 radical (unpaired) electrons. The molecule has 0 saturated heterocycles. The predicted molar refractivity (Wildman–Crippen MR) is 50.2 cm³/mol. The summed E-state index contributed by atoms with van der Waals surface area (Å²) in [5.41, 5.74) is 0.0451. The third kappa shape index (κ3) is 1.47. The van der Waals surface area contributed by atoms with Crippen LogP contribution in [0.25, 0.3) is 5.82 Å². The second kappa shape index (κ2) is 3.29. The zero-order chi connectivity index (χ0) is 9.97. The SMILES string of the molecule is O=[N+]([O-])c1ccnc(-n2cccc2)c1. The Morgan fingerprint density at radius 1 is 1.36 bits per heavy atom. The fourth-order valence-electron chi connectivity index (χ4n) is 1.15. The van der Waals surface area contributed by atoms with E-state index in [1.54, 1.807) is 17.0 Å². The summed E-state index contributed by atoms with van der Waals surface area (Å²) in [6, 6.07) is 6.47. The van der Waals surface area contributed by atoms with Crippen LogP contribution in [-0.4, -0.2) is 14.5 Å². The largest absolute Gasteiger partial charge is 0.308 e. The molecule has 2 rings (SSSR count). The van der Waals surface area contributed by atoms with E-state index in [0.29, 0.717) is 5.82 Å². The van der Waals surface area contributed by atoms with Gasteiger partial charge in [0.15, 0.2) is 0 Å². The molecular formula is C9H7N3O2. The number of nitro groups is 1. The van der Waals surface area contributed by atoms with Crippen molar-refractivity contribution < 1.29 is 4.92 Å². The van der Waals surface area contributed by atoms with Crippen LogP contribution in [0.5, 0.6) is 0 Å². The van der Waals surface area contributed by atoms with Crippen molar-refractivity contribution in [3.8, 4) is 5.82 Å². The monoisotopic (exact) mass is 189 g/mol. The van der Waals surface area contributed by atoms with Gasteiger partial charge in [0.25, 0.3) is 5.69 Å². The van der Waals surface area contributed by atoms with E-state index in [1.165, 1.54) is 18.3 Å². The lowest BCUT2D eigenvalue weighted by Crippen LogP contribution is -1.95. The summed E-state index contributed by atoms with van der Waals surface area (Å²) in [5.74, 6) is 0.546. The molecule has 0 aromatic carbocycles. The number of hydrogen-bond acceptors (Lipinski definition) is 3. The van der Waals surface area contributed by atoms with Crippen molar-refractivity contribution in [2.45, 2.75) is 0 Å². The lowest BCUT2D eigenvalue weighted by Gasteiger charge is -1.99. The third-order valence-corrected chi connectivity index (χ3v) is 1.81. The summed E-state index contributed by atoms with van der Waals surface area (Å²) in [6.07, 6.45) is 4.99. The Labute approximate surface area is 79.8 Å². The van der Waals surface area contributed by atoms with Gasteiger partial charge >= 0.3 is 0 Å². The van der Waals surface area contributed by atoms with Crippen molar-refractivity contribution in [3.05, 3.63) is 53.0 Å². The smallest absolute Gasteiger partial charge is 0.274 e. The number of aromatic nitrogens is 2. The molecule has 0 aliphatic carbocycles. The van der Waals surface area contributed by atoms with Crippen LogP contribution >= 0.6 is 0 Å². The molecule has 0 aliphatic heterocycles. The van der Waals surface area contributed by atoms with E-state index in [1.807, 2.05) is 12.1 Å². The fraction of sp³-hybridized carbons (Fsp3) is 0. The first-order valence-electron chi connectivity index (χ1n) is 4.01. The number of pyridine rings is 1. The molecule has 5 heteroatoms. The Morgan fingerprint density at radius 2 is 2.07 bits per heavy atom. The molecular weight excluding hydrogens is 182 g/mol. The summed E-state index contributed by atoms with van der Waals surface area (Å²) in [4.78, 5) is 14.1. The molecule has 0 saturated carbocycles. The second-order valence-corrected chi connectivity index (χ2v) is 2.72. The predicted octanol–water partition coefficient (Wildman–Crippen LogP) is 1.78. The topological polar surface area (TPSA) is 61.0 Å². The van der Waals surface area contributed by atoms with E-state index >= 15 is 0 Å². The van der Waals surface area contributed by atoms with Gasteiger partial charge in [0.1, 0.15) is 5.82 Å². The van der Waals surface area contributed by atoms with Crippen LogP contribution in [-0.2, 0) is 0 Å². The lowest BCUT2D eigenvalue weighted by molar-refractivity contribution is -0.384. The van der Waals surface area contributed by atoms with Crippen LogP contribution in [0.2, 0.25) is 0 Å². The number of hydrogen-bond donors (Lipinski definition) is 0. The van der Waals surface area contributed by atoms with Gasteiger partial charge in [-0.2, -0.15) is 0 Å². The Morgan fingerprint density at radius 3 is 2.71 bits per heavy atom. The van der Waals surface area contributed by atoms with Crippen LogP contribution < -0.4 is 0 Å². The third-order valence-electron chi connectivity index (χ3n) is 1.81. The molecule has 0 N–H and O–H groups in total. The number of nitrogens with zero attached hydrogens (tertiary/aromatic N) is 3. The minimum absolute atomic E-state index is 0.0451. The van der Waals surface area contributed by atoms with E-state index in [4.69, 9.17) is 0 Å². The van der Waals surface area contributed by atoms with Gasteiger partial charge in [-0.3, -0.25) is 10.1 Å². The van der Waals surface area contributed by atoms with Gasteiger partial charge in [0, 0.05) is 24.7 Å². The maximum Gasteiger partial charge on any atom is 0.274 e. The normalized spacial score (nSPS) is 10.0. The highest BCUT2D eigenvalue weighted by atomic mass is 16.6. The molecule has 0 fully saturated rings. The van der Waals surface area contributed by atoms with Crippen LogP contribution in [0.15, 0.2) is 42.9 Å². The molecule has 2 aromatic heterocycles. The van der Waals surface area contributed by atoms with E-state index < -0.39 is 4.92 Å². The first-order valence-corrected chi connectivity index (χ1v) is 4.01. The fourth-order valence-corrected chi connectivity index (χ4v) is 1.15. The van der Waals surface area contributed by atoms with Crippen molar-refractivity contribution >= 4 is 5.69 Å². The Bertz CT molecular complexity index is 451. The standard InChI is InChI=1S/C9H7N3O2/c13-12(14)8-3-4-10-9(7-8)11-5-1-2-6-11/h1-7H. The summed E-state index contributed by atoms with van der Waals surface area (Å²) in [6.45, 7) is 0. The maximum atomic E-state index is 10.5. The molecule has 0 aliphatic rings. The van der Waals surface area contributed by atoms with Gasteiger partial charge < -0.3 is 4.57 Å². The van der Waals surface area contributed by atoms with Crippen LogP contribution in [0.3, 0.4) is 0 Å². The maximum absolute atomic E-state index is 10.5. The highest BCUT2D eigenvalue weighted by Gasteiger charge is 2.06. The van der Waals surface area contributed by atoms with Crippen molar-refractivity contribution in [1.29, 1.82) is 0 Å². The lowest BCUT2D eigenvalue weighted by atomic mass is 10.4. The first-order chi connectivity index (χ1) is 6.77. The molecule has 14 heavy (non-hydrogen) atoms. The summed E-state index contributed by atoms with van der Waals surface area (Å²) in [5, 5.41) is 10.5. The highest BCUT2D eigenvalue weighted by molar-refractivity contribution is 5.37. The first kappa shape index (κ1) is 8.43. The van der Waals surface area contributed by atoms with Gasteiger partial charge in [0.2, 0.25) is 0 Å². The van der Waals surface area contributed by atoms with Gasteiger partial charge in [-0.25, -0.2) is 4.98 Å². The Hall–Kier alpha value is -2.17. The van der Waals surface area contributed by atoms with Crippen molar-refractivity contribution in [2.75, 3.05) is 0 Å². The minimum Gasteiger partial charge on any atom is -0.308 e. The van der Waals surface area contributed by atoms with Crippen molar-refractivity contribution in [1.82, 2.24) is 9.55 Å². The van der Waals surface area contributed by atoms with E-state index in [2.05, 4.69) is 4.98 Å². The molecule has 0 amide bonds. The zero-order valence-corrected chi connectivity index (χ0v) is 7.20. The van der Waals surface area contributed by atoms with E-state index in [-0.39, 0.29) is 5.69 Å². The highest BCUT2D eigenvalue weighted by Crippen LogP contribution is 2.13. The molecule has 70 valence electrons. The average molecular weight is 189 g/mol. The summed E-state index contributed by atoms with van der Waals surface area (Å²) < 4.78 is 1.72. The summed E-state index contributed by atoms with van der Waals surface area (Å²) >= 11 is 0. The molecule has 2 heterocycles. The molecule has 0 bridgehead atoms. The molecule has 0 atom stereocenters. The second-order valence-electron chi connectivity index (χ2n) is 2.72. The minimum atomic E-state index is -0.436. The van der Waals surface area contributed by atoms with E-state index in [9.17, 15) is 10.1 Å². The average Bonchev–Trinajstić information content (AvgIpc) is 2.71. The van der Waals surface area contributed by atoms with Crippen LogP contribution in [0.4, 0.5) is 5.69 Å². The van der Waals surface area contributed by atoms with Gasteiger partial charge in [0.05, 0.1) is 11.0 Å².